The van der Waals surface area contributed by atoms with E-state index in [1.807, 2.05) is 24.3 Å². The predicted molar refractivity (Wildman–Crippen MR) is 97.7 cm³/mol. The molecule has 0 aliphatic carbocycles. The molecule has 3 rings (SSSR count). The molecule has 1 aliphatic rings. The van der Waals surface area contributed by atoms with Crippen molar-refractivity contribution in [3.63, 3.8) is 0 Å². The number of carbonyl (C=O) groups is 2. The zero-order chi connectivity index (χ0) is 18.4. The van der Waals surface area contributed by atoms with Gasteiger partial charge in [-0.25, -0.2) is 0 Å². The molecule has 0 bridgehead atoms. The summed E-state index contributed by atoms with van der Waals surface area (Å²) in [6.45, 7) is 1.68. The molecule has 136 valence electrons. The predicted octanol–water partition coefficient (Wildman–Crippen LogP) is 2.26. The maximum absolute atomic E-state index is 12.4. The molecule has 1 aromatic heterocycles. The van der Waals surface area contributed by atoms with E-state index < -0.39 is 0 Å². The maximum atomic E-state index is 12.4. The minimum Gasteiger partial charge on any atom is -0.497 e. The van der Waals surface area contributed by atoms with Crippen LogP contribution in [-0.2, 0) is 11.3 Å². The Hall–Kier alpha value is -2.89. The van der Waals surface area contributed by atoms with Crippen molar-refractivity contribution in [1.82, 2.24) is 15.2 Å². The number of rotatable bonds is 5. The first-order valence-corrected chi connectivity index (χ1v) is 8.77. The first-order valence-electron chi connectivity index (χ1n) is 8.77. The fourth-order valence-corrected chi connectivity index (χ4v) is 3.09. The van der Waals surface area contributed by atoms with Crippen LogP contribution < -0.4 is 10.1 Å². The van der Waals surface area contributed by atoms with Crippen LogP contribution in [0.3, 0.4) is 0 Å². The van der Waals surface area contributed by atoms with Crippen LogP contribution in [0.2, 0.25) is 0 Å². The summed E-state index contributed by atoms with van der Waals surface area (Å²) in [4.78, 5) is 30.6. The van der Waals surface area contributed by atoms with Crippen molar-refractivity contribution in [2.24, 2.45) is 5.92 Å². The van der Waals surface area contributed by atoms with Crippen LogP contribution in [0.25, 0.3) is 0 Å². The van der Waals surface area contributed by atoms with Crippen LogP contribution in [0.1, 0.15) is 28.8 Å². The highest BCUT2D eigenvalue weighted by Crippen LogP contribution is 2.19. The molecule has 1 fully saturated rings. The lowest BCUT2D eigenvalue weighted by Crippen LogP contribution is -2.42. The van der Waals surface area contributed by atoms with Crippen molar-refractivity contribution in [3.8, 4) is 5.75 Å². The van der Waals surface area contributed by atoms with Gasteiger partial charge in [0.25, 0.3) is 5.91 Å². The largest absolute Gasteiger partial charge is 0.497 e. The minimum absolute atomic E-state index is 0.0183. The number of nitrogens with one attached hydrogen (secondary N) is 1. The van der Waals surface area contributed by atoms with E-state index in [1.165, 1.54) is 0 Å². The van der Waals surface area contributed by atoms with Crippen molar-refractivity contribution < 1.29 is 14.3 Å². The number of nitrogens with zero attached hydrogens (tertiary/aromatic N) is 2. The van der Waals surface area contributed by atoms with Gasteiger partial charge in [-0.15, -0.1) is 0 Å². The quantitative estimate of drug-likeness (QED) is 0.895. The van der Waals surface area contributed by atoms with Gasteiger partial charge in [0.05, 0.1) is 12.7 Å². The van der Waals surface area contributed by atoms with Crippen molar-refractivity contribution >= 4 is 11.8 Å². The molecule has 0 atom stereocenters. The lowest BCUT2D eigenvalue weighted by atomic mass is 9.95. The lowest BCUT2D eigenvalue weighted by molar-refractivity contribution is -0.126. The standard InChI is InChI=1S/C20H23N3O3/c1-26-18-6-4-15(5-7-18)13-22-19(24)16-8-11-23(12-9-16)20(25)17-3-2-10-21-14-17/h2-7,10,14,16H,8-9,11-13H2,1H3,(H,22,24). The zero-order valence-corrected chi connectivity index (χ0v) is 14.9. The van der Waals surface area contributed by atoms with Crippen LogP contribution in [0.4, 0.5) is 0 Å². The molecule has 0 spiro atoms. The molecular weight excluding hydrogens is 330 g/mol. The maximum Gasteiger partial charge on any atom is 0.255 e. The smallest absolute Gasteiger partial charge is 0.255 e. The number of methoxy groups -OCH3 is 1. The molecule has 2 amide bonds. The molecule has 2 heterocycles. The summed E-state index contributed by atoms with van der Waals surface area (Å²) < 4.78 is 5.13. The van der Waals surface area contributed by atoms with Gasteiger partial charge in [-0.2, -0.15) is 0 Å². The van der Waals surface area contributed by atoms with Crippen molar-refractivity contribution in [2.45, 2.75) is 19.4 Å². The Morgan fingerprint density at radius 3 is 2.54 bits per heavy atom. The van der Waals surface area contributed by atoms with E-state index in [0.29, 0.717) is 38.0 Å². The molecule has 1 aliphatic heterocycles. The van der Waals surface area contributed by atoms with Gasteiger partial charge in [0.1, 0.15) is 5.75 Å². The molecule has 6 nitrogen and oxygen atoms in total. The topological polar surface area (TPSA) is 71.5 Å². The summed E-state index contributed by atoms with van der Waals surface area (Å²) in [5.74, 6) is 0.779. The molecule has 2 aromatic rings. The highest BCUT2D eigenvalue weighted by atomic mass is 16.5. The average Bonchev–Trinajstić information content (AvgIpc) is 2.72. The molecule has 26 heavy (non-hydrogen) atoms. The Kier molecular flexibility index (Phi) is 5.84. The third kappa shape index (κ3) is 4.39. The molecule has 1 N–H and O–H groups in total. The van der Waals surface area contributed by atoms with Gasteiger partial charge >= 0.3 is 0 Å². The molecule has 0 unspecified atom stereocenters. The normalized spacial score (nSPS) is 14.7. The van der Waals surface area contributed by atoms with Crippen LogP contribution in [0.5, 0.6) is 5.75 Å². The van der Waals surface area contributed by atoms with Gasteiger partial charge in [-0.3, -0.25) is 14.6 Å². The number of ether oxygens (including phenoxy) is 1. The van der Waals surface area contributed by atoms with Crippen molar-refractivity contribution in [3.05, 3.63) is 59.9 Å². The summed E-state index contributed by atoms with van der Waals surface area (Å²) in [5.41, 5.74) is 1.62. The molecular formula is C20H23N3O3. The first-order chi connectivity index (χ1) is 12.7. The second-order valence-corrected chi connectivity index (χ2v) is 6.37. The van der Waals surface area contributed by atoms with Crippen LogP contribution in [0, 0.1) is 5.92 Å². The number of hydrogen-bond donors (Lipinski definition) is 1. The number of piperidine rings is 1. The Morgan fingerprint density at radius 2 is 1.92 bits per heavy atom. The van der Waals surface area contributed by atoms with E-state index in [9.17, 15) is 9.59 Å². The number of pyridine rings is 1. The molecule has 1 aromatic carbocycles. The van der Waals surface area contributed by atoms with Crippen LogP contribution in [0.15, 0.2) is 48.8 Å². The van der Waals surface area contributed by atoms with Crippen molar-refractivity contribution in [1.29, 1.82) is 0 Å². The first kappa shape index (κ1) is 17.9. The second kappa shape index (κ2) is 8.47. The van der Waals surface area contributed by atoms with Crippen molar-refractivity contribution in [2.75, 3.05) is 20.2 Å². The summed E-state index contributed by atoms with van der Waals surface area (Å²) in [6, 6.07) is 11.2. The van der Waals surface area contributed by atoms with E-state index in [1.54, 1.807) is 36.5 Å². The van der Waals surface area contributed by atoms with Gasteiger partial charge in [-0.1, -0.05) is 12.1 Å². The fourth-order valence-electron chi connectivity index (χ4n) is 3.09. The van der Waals surface area contributed by atoms with Crippen LogP contribution >= 0.6 is 0 Å². The Morgan fingerprint density at radius 1 is 1.19 bits per heavy atom. The summed E-state index contributed by atoms with van der Waals surface area (Å²) >= 11 is 0. The van der Waals surface area contributed by atoms with Gasteiger partial charge in [0, 0.05) is 37.9 Å². The number of aromatic nitrogens is 1. The SMILES string of the molecule is COc1ccc(CNC(=O)C2CCN(C(=O)c3cccnc3)CC2)cc1. The highest BCUT2D eigenvalue weighted by molar-refractivity contribution is 5.94. The van der Waals surface area contributed by atoms with E-state index in [-0.39, 0.29) is 17.7 Å². The third-order valence-electron chi connectivity index (χ3n) is 4.69. The Bertz CT molecular complexity index is 739. The number of likely N-dealkylation sites (tertiary alicyclic amines) is 1. The van der Waals surface area contributed by atoms with E-state index in [4.69, 9.17) is 4.74 Å². The summed E-state index contributed by atoms with van der Waals surface area (Å²) in [5, 5.41) is 2.99. The Labute approximate surface area is 153 Å². The second-order valence-electron chi connectivity index (χ2n) is 6.37. The third-order valence-corrected chi connectivity index (χ3v) is 4.69. The lowest BCUT2D eigenvalue weighted by Gasteiger charge is -2.31. The molecule has 0 saturated carbocycles. The summed E-state index contributed by atoms with van der Waals surface area (Å²) in [7, 11) is 1.63. The van der Waals surface area contributed by atoms with Gasteiger partial charge in [0.15, 0.2) is 0 Å². The van der Waals surface area contributed by atoms with Crippen LogP contribution in [-0.4, -0.2) is 41.9 Å². The van der Waals surface area contributed by atoms with Gasteiger partial charge < -0.3 is 15.0 Å². The number of amides is 2. The van der Waals surface area contributed by atoms with Gasteiger partial charge in [0.2, 0.25) is 5.91 Å². The fraction of sp³-hybridized carbons (Fsp3) is 0.350. The van der Waals surface area contributed by atoms with E-state index in [0.717, 1.165) is 11.3 Å². The van der Waals surface area contributed by atoms with E-state index in [2.05, 4.69) is 10.3 Å². The van der Waals surface area contributed by atoms with Gasteiger partial charge in [-0.05, 0) is 42.7 Å². The molecule has 6 heteroatoms. The number of hydrogen-bond acceptors (Lipinski definition) is 4. The van der Waals surface area contributed by atoms with E-state index >= 15 is 0 Å². The monoisotopic (exact) mass is 353 g/mol. The Balaban J connectivity index is 1.46. The number of carbonyl (C=O) groups excluding carboxylic acids is 2. The highest BCUT2D eigenvalue weighted by Gasteiger charge is 2.27. The number of benzene rings is 1. The molecule has 0 radical (unpaired) electrons. The summed E-state index contributed by atoms with van der Waals surface area (Å²) in [6.07, 6.45) is 4.59. The minimum atomic E-state index is -0.0498. The molecule has 1 saturated heterocycles. The average molecular weight is 353 g/mol. The zero-order valence-electron chi connectivity index (χ0n) is 14.9.